The summed E-state index contributed by atoms with van der Waals surface area (Å²) in [5, 5.41) is 2.40. The number of amides is 1. The molecule has 150 valence electrons. The summed E-state index contributed by atoms with van der Waals surface area (Å²) in [6.07, 6.45) is 2.19. The Bertz CT molecular complexity index is 910. The SMILES string of the molecule is Cc1cc(C(=O)OCC(=O)Nc2ccc(OC(F)F)c(Cl)c2)c(C)n1C1CC1. The predicted octanol–water partition coefficient (Wildman–Crippen LogP) is 4.49. The van der Waals surface area contributed by atoms with Crippen molar-refractivity contribution in [1.29, 1.82) is 0 Å². The number of hydrogen-bond donors (Lipinski definition) is 1. The van der Waals surface area contributed by atoms with Crippen LogP contribution in [0.25, 0.3) is 0 Å². The number of rotatable bonds is 7. The Balaban J connectivity index is 1.56. The zero-order chi connectivity index (χ0) is 20.4. The fourth-order valence-corrected chi connectivity index (χ4v) is 3.28. The van der Waals surface area contributed by atoms with Crippen molar-refractivity contribution in [2.75, 3.05) is 11.9 Å². The van der Waals surface area contributed by atoms with Gasteiger partial charge in [0.1, 0.15) is 5.75 Å². The number of hydrogen-bond acceptors (Lipinski definition) is 4. The Morgan fingerprint density at radius 2 is 2.00 bits per heavy atom. The minimum atomic E-state index is -3.00. The second kappa shape index (κ2) is 8.18. The zero-order valence-corrected chi connectivity index (χ0v) is 16.1. The highest BCUT2D eigenvalue weighted by Gasteiger charge is 2.28. The van der Waals surface area contributed by atoms with Gasteiger partial charge in [-0.2, -0.15) is 8.78 Å². The molecule has 0 atom stereocenters. The lowest BCUT2D eigenvalue weighted by Crippen LogP contribution is -2.21. The molecule has 28 heavy (non-hydrogen) atoms. The maximum atomic E-state index is 12.3. The molecule has 0 unspecified atom stereocenters. The van der Waals surface area contributed by atoms with Crippen LogP contribution < -0.4 is 10.1 Å². The van der Waals surface area contributed by atoms with Crippen molar-refractivity contribution in [2.45, 2.75) is 39.3 Å². The second-order valence-corrected chi connectivity index (χ2v) is 6.94. The standard InChI is InChI=1S/C19H19ClF2N2O4/c1-10-7-14(11(2)24(10)13-4-5-13)18(26)27-9-17(25)23-12-3-6-16(15(20)8-12)28-19(21)22/h3,6-8,13,19H,4-5,9H2,1-2H3,(H,23,25). The normalized spacial score (nSPS) is 13.5. The van der Waals surface area contributed by atoms with Gasteiger partial charge in [0.15, 0.2) is 6.61 Å². The lowest BCUT2D eigenvalue weighted by Gasteiger charge is -2.10. The monoisotopic (exact) mass is 412 g/mol. The minimum Gasteiger partial charge on any atom is -0.452 e. The van der Waals surface area contributed by atoms with Gasteiger partial charge in [-0.25, -0.2) is 4.79 Å². The van der Waals surface area contributed by atoms with Crippen LogP contribution in [0.4, 0.5) is 14.5 Å². The summed E-state index contributed by atoms with van der Waals surface area (Å²) in [4.78, 5) is 24.3. The van der Waals surface area contributed by atoms with E-state index in [4.69, 9.17) is 16.3 Å². The molecule has 9 heteroatoms. The number of halogens is 3. The quantitative estimate of drug-likeness (QED) is 0.680. The second-order valence-electron chi connectivity index (χ2n) is 6.53. The number of benzene rings is 1. The molecule has 6 nitrogen and oxygen atoms in total. The molecule has 0 bridgehead atoms. The van der Waals surface area contributed by atoms with Gasteiger partial charge in [-0.1, -0.05) is 11.6 Å². The van der Waals surface area contributed by atoms with E-state index in [1.165, 1.54) is 18.2 Å². The lowest BCUT2D eigenvalue weighted by atomic mass is 10.2. The smallest absolute Gasteiger partial charge is 0.387 e. The molecular weight excluding hydrogens is 394 g/mol. The average Bonchev–Trinajstić information content (AvgIpc) is 3.40. The largest absolute Gasteiger partial charge is 0.452 e. The molecule has 1 aliphatic carbocycles. The van der Waals surface area contributed by atoms with E-state index in [2.05, 4.69) is 14.6 Å². The van der Waals surface area contributed by atoms with Crippen molar-refractivity contribution in [2.24, 2.45) is 0 Å². The molecule has 2 aromatic rings. The van der Waals surface area contributed by atoms with Crippen LogP contribution in [0, 0.1) is 13.8 Å². The van der Waals surface area contributed by atoms with Crippen LogP contribution in [0.2, 0.25) is 5.02 Å². The van der Waals surface area contributed by atoms with E-state index < -0.39 is 25.1 Å². The maximum absolute atomic E-state index is 12.3. The number of esters is 1. The number of anilines is 1. The number of nitrogens with one attached hydrogen (secondary N) is 1. The Kier molecular flexibility index (Phi) is 5.88. The number of alkyl halides is 2. The number of carbonyl (C=O) groups excluding carboxylic acids is 2. The molecule has 1 amide bonds. The van der Waals surface area contributed by atoms with Gasteiger partial charge in [0, 0.05) is 23.1 Å². The van der Waals surface area contributed by atoms with Gasteiger partial charge in [-0.15, -0.1) is 0 Å². The first-order valence-corrected chi connectivity index (χ1v) is 9.04. The first kappa shape index (κ1) is 20.1. The first-order chi connectivity index (χ1) is 13.3. The molecule has 1 aromatic heterocycles. The van der Waals surface area contributed by atoms with Crippen LogP contribution in [0.3, 0.4) is 0 Å². The summed E-state index contributed by atoms with van der Waals surface area (Å²) in [5.74, 6) is -1.36. The van der Waals surface area contributed by atoms with Crippen molar-refractivity contribution >= 4 is 29.2 Å². The number of carbonyl (C=O) groups is 2. The lowest BCUT2D eigenvalue weighted by molar-refractivity contribution is -0.119. The minimum absolute atomic E-state index is 0.0809. The average molecular weight is 413 g/mol. The van der Waals surface area contributed by atoms with Gasteiger partial charge in [0.2, 0.25) is 0 Å². The molecule has 1 aromatic carbocycles. The van der Waals surface area contributed by atoms with Crippen LogP contribution >= 0.6 is 11.6 Å². The predicted molar refractivity (Wildman–Crippen MR) is 99.2 cm³/mol. The highest BCUT2D eigenvalue weighted by molar-refractivity contribution is 6.32. The van der Waals surface area contributed by atoms with Gasteiger partial charge >= 0.3 is 12.6 Å². The molecule has 1 fully saturated rings. The van der Waals surface area contributed by atoms with E-state index in [-0.39, 0.29) is 16.5 Å². The Morgan fingerprint density at radius 1 is 1.29 bits per heavy atom. The van der Waals surface area contributed by atoms with Gasteiger partial charge in [0.25, 0.3) is 5.91 Å². The first-order valence-electron chi connectivity index (χ1n) is 8.66. The molecule has 3 rings (SSSR count). The topological polar surface area (TPSA) is 69.6 Å². The highest BCUT2D eigenvalue weighted by Crippen LogP contribution is 2.38. The van der Waals surface area contributed by atoms with Crippen LogP contribution in [-0.4, -0.2) is 29.7 Å². The molecule has 0 radical (unpaired) electrons. The third-order valence-electron chi connectivity index (χ3n) is 4.38. The Morgan fingerprint density at radius 3 is 2.61 bits per heavy atom. The van der Waals surface area contributed by atoms with E-state index in [0.29, 0.717) is 11.6 Å². The van der Waals surface area contributed by atoms with E-state index in [9.17, 15) is 18.4 Å². The summed E-state index contributed by atoms with van der Waals surface area (Å²) in [6.45, 7) is 0.297. The summed E-state index contributed by atoms with van der Waals surface area (Å²) in [6, 6.07) is 6.03. The fourth-order valence-electron chi connectivity index (χ4n) is 3.05. The highest BCUT2D eigenvalue weighted by atomic mass is 35.5. The summed E-state index contributed by atoms with van der Waals surface area (Å²) < 4.78 is 35.9. The Labute approximate surface area is 165 Å². The van der Waals surface area contributed by atoms with Gasteiger partial charge in [-0.05, 0) is 51.0 Å². The van der Waals surface area contributed by atoms with E-state index in [1.807, 2.05) is 13.8 Å². The van der Waals surface area contributed by atoms with Crippen molar-refractivity contribution in [1.82, 2.24) is 4.57 Å². The van der Waals surface area contributed by atoms with E-state index in [0.717, 1.165) is 24.2 Å². The van der Waals surface area contributed by atoms with Crippen LogP contribution in [-0.2, 0) is 9.53 Å². The molecule has 0 saturated heterocycles. The van der Waals surface area contributed by atoms with Crippen LogP contribution in [0.15, 0.2) is 24.3 Å². The number of aromatic nitrogens is 1. The van der Waals surface area contributed by atoms with Crippen LogP contribution in [0.5, 0.6) is 5.75 Å². The number of aryl methyl sites for hydroxylation is 1. The van der Waals surface area contributed by atoms with Crippen LogP contribution in [0.1, 0.15) is 40.6 Å². The zero-order valence-electron chi connectivity index (χ0n) is 15.3. The molecule has 1 heterocycles. The number of nitrogens with zero attached hydrogens (tertiary/aromatic N) is 1. The summed E-state index contributed by atoms with van der Waals surface area (Å²) in [7, 11) is 0. The Hall–Kier alpha value is -2.61. The molecule has 1 aliphatic rings. The molecule has 1 saturated carbocycles. The third-order valence-corrected chi connectivity index (χ3v) is 4.68. The van der Waals surface area contributed by atoms with Gasteiger partial charge in [0.05, 0.1) is 10.6 Å². The van der Waals surface area contributed by atoms with Crippen molar-refractivity contribution in [3.05, 3.63) is 46.2 Å². The fraction of sp³-hybridized carbons (Fsp3) is 0.368. The number of ether oxygens (including phenoxy) is 2. The molecular formula is C19H19ClF2N2O4. The maximum Gasteiger partial charge on any atom is 0.387 e. The van der Waals surface area contributed by atoms with Gasteiger partial charge < -0.3 is 19.4 Å². The third kappa shape index (κ3) is 4.62. The van der Waals surface area contributed by atoms with Gasteiger partial charge in [-0.3, -0.25) is 4.79 Å². The molecule has 0 spiro atoms. The van der Waals surface area contributed by atoms with E-state index >= 15 is 0 Å². The van der Waals surface area contributed by atoms with Crippen molar-refractivity contribution in [3.63, 3.8) is 0 Å². The molecule has 1 N–H and O–H groups in total. The van der Waals surface area contributed by atoms with E-state index in [1.54, 1.807) is 6.07 Å². The van der Waals surface area contributed by atoms with Crippen molar-refractivity contribution in [3.8, 4) is 5.75 Å². The van der Waals surface area contributed by atoms with Crippen molar-refractivity contribution < 1.29 is 27.8 Å². The summed E-state index contributed by atoms with van der Waals surface area (Å²) >= 11 is 5.83. The summed E-state index contributed by atoms with van der Waals surface area (Å²) in [5.41, 5.74) is 2.51. The molecule has 0 aliphatic heterocycles.